The molecule has 0 radical (unpaired) electrons. The van der Waals surface area contributed by atoms with E-state index in [0.29, 0.717) is 0 Å². The summed E-state index contributed by atoms with van der Waals surface area (Å²) in [5, 5.41) is 0. The van der Waals surface area contributed by atoms with Gasteiger partial charge in [0.25, 0.3) is 0 Å². The minimum absolute atomic E-state index is 1.30. The van der Waals surface area contributed by atoms with Gasteiger partial charge in [-0.1, -0.05) is 80.2 Å². The van der Waals surface area contributed by atoms with Gasteiger partial charge in [0.2, 0.25) is 0 Å². The van der Waals surface area contributed by atoms with E-state index in [1.54, 1.807) is 0 Å². The first-order chi connectivity index (χ1) is 7.91. The van der Waals surface area contributed by atoms with Crippen LogP contribution in [0.15, 0.2) is 12.2 Å². The van der Waals surface area contributed by atoms with Crippen LogP contribution in [0.4, 0.5) is 0 Å². The summed E-state index contributed by atoms with van der Waals surface area (Å²) in [7, 11) is 0. The minimum atomic E-state index is 1.30. The number of hydrogen-bond donors (Lipinski definition) is 0. The SMILES string of the molecule is CCCCCC/C=C\CCCCCCCI. The third-order valence-electron chi connectivity index (χ3n) is 2.90. The fourth-order valence-corrected chi connectivity index (χ4v) is 2.35. The van der Waals surface area contributed by atoms with Crippen LogP contribution in [-0.4, -0.2) is 4.43 Å². The second kappa shape index (κ2) is 15.5. The molecule has 0 unspecified atom stereocenters. The smallest absolute Gasteiger partial charge is 0.000473 e. The van der Waals surface area contributed by atoms with Crippen molar-refractivity contribution in [3.05, 3.63) is 12.2 Å². The third-order valence-corrected chi connectivity index (χ3v) is 3.66. The second-order valence-electron chi connectivity index (χ2n) is 4.57. The van der Waals surface area contributed by atoms with Gasteiger partial charge in [-0.15, -0.1) is 0 Å². The van der Waals surface area contributed by atoms with Gasteiger partial charge in [0.05, 0.1) is 0 Å². The third kappa shape index (κ3) is 14.5. The summed E-state index contributed by atoms with van der Waals surface area (Å²) in [6.07, 6.45) is 20.1. The molecule has 0 amide bonds. The predicted octanol–water partition coefficient (Wildman–Crippen LogP) is 6.29. The van der Waals surface area contributed by atoms with Crippen molar-refractivity contribution in [1.29, 1.82) is 0 Å². The maximum Gasteiger partial charge on any atom is -0.000473 e. The Labute approximate surface area is 116 Å². The molecule has 0 heterocycles. The molecule has 0 aromatic carbocycles. The Bertz CT molecular complexity index is 140. The highest BCUT2D eigenvalue weighted by molar-refractivity contribution is 14.1. The van der Waals surface area contributed by atoms with Crippen molar-refractivity contribution in [2.24, 2.45) is 0 Å². The first-order valence-electron chi connectivity index (χ1n) is 7.12. The zero-order valence-electron chi connectivity index (χ0n) is 11.0. The lowest BCUT2D eigenvalue weighted by molar-refractivity contribution is 0.640. The van der Waals surface area contributed by atoms with Gasteiger partial charge < -0.3 is 0 Å². The average Bonchev–Trinajstić information content (AvgIpc) is 2.31. The van der Waals surface area contributed by atoms with E-state index in [1.165, 1.54) is 75.1 Å². The van der Waals surface area contributed by atoms with Crippen molar-refractivity contribution < 1.29 is 0 Å². The van der Waals surface area contributed by atoms with Crippen molar-refractivity contribution in [2.75, 3.05) is 4.43 Å². The molecule has 0 atom stereocenters. The summed E-state index contributed by atoms with van der Waals surface area (Å²) in [6, 6.07) is 0. The summed E-state index contributed by atoms with van der Waals surface area (Å²) in [4.78, 5) is 0. The number of hydrogen-bond acceptors (Lipinski definition) is 0. The lowest BCUT2D eigenvalue weighted by Crippen LogP contribution is -1.79. The molecule has 1 heteroatoms. The van der Waals surface area contributed by atoms with E-state index in [4.69, 9.17) is 0 Å². The molecule has 0 bridgehead atoms. The molecule has 0 aromatic heterocycles. The van der Waals surface area contributed by atoms with Crippen LogP contribution >= 0.6 is 22.6 Å². The first kappa shape index (κ1) is 16.5. The Morgan fingerprint density at radius 2 is 1.19 bits per heavy atom. The molecule has 0 fully saturated rings. The van der Waals surface area contributed by atoms with E-state index in [0.717, 1.165) is 0 Å². The monoisotopic (exact) mass is 336 g/mol. The molecule has 0 aliphatic heterocycles. The maximum atomic E-state index is 2.47. The summed E-state index contributed by atoms with van der Waals surface area (Å²) in [6.45, 7) is 2.27. The van der Waals surface area contributed by atoms with Gasteiger partial charge in [-0.3, -0.25) is 0 Å². The van der Waals surface area contributed by atoms with Gasteiger partial charge >= 0.3 is 0 Å². The van der Waals surface area contributed by atoms with Crippen LogP contribution in [0.3, 0.4) is 0 Å². The lowest BCUT2D eigenvalue weighted by Gasteiger charge is -1.97. The standard InChI is InChI=1S/C15H29I/c1-2-3-4-5-6-7-8-9-10-11-12-13-14-15-16/h7-8H,2-6,9-15H2,1H3/b8-7-. The van der Waals surface area contributed by atoms with Crippen molar-refractivity contribution >= 4 is 22.6 Å². The number of allylic oxidation sites excluding steroid dienone is 2. The van der Waals surface area contributed by atoms with Crippen LogP contribution in [0.2, 0.25) is 0 Å². The molecule has 0 saturated carbocycles. The van der Waals surface area contributed by atoms with Crippen molar-refractivity contribution in [2.45, 2.75) is 77.6 Å². The Hall–Kier alpha value is 0.470. The highest BCUT2D eigenvalue weighted by Gasteiger charge is 1.88. The number of halogens is 1. The Morgan fingerprint density at radius 3 is 1.75 bits per heavy atom. The van der Waals surface area contributed by atoms with E-state index in [9.17, 15) is 0 Å². The highest BCUT2D eigenvalue weighted by Crippen LogP contribution is 2.08. The van der Waals surface area contributed by atoms with Gasteiger partial charge in [0.15, 0.2) is 0 Å². The normalized spacial score (nSPS) is 11.4. The molecule has 0 N–H and O–H groups in total. The maximum absolute atomic E-state index is 2.47. The van der Waals surface area contributed by atoms with E-state index in [2.05, 4.69) is 41.7 Å². The molecular weight excluding hydrogens is 307 g/mol. The molecule has 96 valence electrons. The van der Waals surface area contributed by atoms with E-state index < -0.39 is 0 Å². The minimum Gasteiger partial charge on any atom is -0.0885 e. The van der Waals surface area contributed by atoms with Crippen molar-refractivity contribution in [3.8, 4) is 0 Å². The summed E-state index contributed by atoms with van der Waals surface area (Å²) in [5.41, 5.74) is 0. The largest absolute Gasteiger partial charge is 0.0885 e. The summed E-state index contributed by atoms with van der Waals surface area (Å²) in [5.74, 6) is 0. The van der Waals surface area contributed by atoms with Gasteiger partial charge in [0.1, 0.15) is 0 Å². The summed E-state index contributed by atoms with van der Waals surface area (Å²) >= 11 is 2.47. The van der Waals surface area contributed by atoms with E-state index >= 15 is 0 Å². The van der Waals surface area contributed by atoms with Gasteiger partial charge in [0, 0.05) is 0 Å². The van der Waals surface area contributed by atoms with E-state index in [-0.39, 0.29) is 0 Å². The quantitative estimate of drug-likeness (QED) is 0.170. The lowest BCUT2D eigenvalue weighted by atomic mass is 10.1. The van der Waals surface area contributed by atoms with Crippen molar-refractivity contribution in [1.82, 2.24) is 0 Å². The van der Waals surface area contributed by atoms with Crippen LogP contribution in [0.1, 0.15) is 77.6 Å². The molecule has 0 rings (SSSR count). The van der Waals surface area contributed by atoms with Crippen LogP contribution in [-0.2, 0) is 0 Å². The molecule has 16 heavy (non-hydrogen) atoms. The van der Waals surface area contributed by atoms with Crippen LogP contribution in [0.25, 0.3) is 0 Å². The molecule has 0 aromatic rings. The highest BCUT2D eigenvalue weighted by atomic mass is 127. The fraction of sp³-hybridized carbons (Fsp3) is 0.867. The van der Waals surface area contributed by atoms with Crippen molar-refractivity contribution in [3.63, 3.8) is 0 Å². The fourth-order valence-electron chi connectivity index (χ4n) is 1.81. The zero-order chi connectivity index (χ0) is 11.9. The molecule has 0 spiro atoms. The van der Waals surface area contributed by atoms with Crippen LogP contribution in [0, 0.1) is 0 Å². The van der Waals surface area contributed by atoms with Gasteiger partial charge in [-0.2, -0.15) is 0 Å². The van der Waals surface area contributed by atoms with E-state index in [1.807, 2.05) is 0 Å². The Morgan fingerprint density at radius 1 is 0.688 bits per heavy atom. The first-order valence-corrected chi connectivity index (χ1v) is 8.65. The predicted molar refractivity (Wildman–Crippen MR) is 84.5 cm³/mol. The van der Waals surface area contributed by atoms with Gasteiger partial charge in [-0.05, 0) is 36.5 Å². The van der Waals surface area contributed by atoms with Gasteiger partial charge in [-0.25, -0.2) is 0 Å². The zero-order valence-corrected chi connectivity index (χ0v) is 13.2. The molecule has 0 aliphatic rings. The number of rotatable bonds is 12. The number of unbranched alkanes of at least 4 members (excludes halogenated alkanes) is 9. The van der Waals surface area contributed by atoms with Crippen LogP contribution in [0.5, 0.6) is 0 Å². The Kier molecular flexibility index (Phi) is 15.9. The van der Waals surface area contributed by atoms with Crippen LogP contribution < -0.4 is 0 Å². The second-order valence-corrected chi connectivity index (χ2v) is 5.64. The average molecular weight is 336 g/mol. The molecule has 0 nitrogen and oxygen atoms in total. The molecule has 0 aliphatic carbocycles. The Balaban J connectivity index is 2.98. The summed E-state index contributed by atoms with van der Waals surface area (Å²) < 4.78 is 1.33. The molecule has 0 saturated heterocycles. The molecular formula is C15H29I. The topological polar surface area (TPSA) is 0 Å². The number of alkyl halides is 1.